The number of hydrogen-bond donors (Lipinski definition) is 2. The standard InChI is InChI=1S/C30H37F3N4O3/c1-17(20-8-7-11-24(26(20)31)30(32,33)29(3,4)38)34-28-23-14-25(37-12-13-40-19(15-37)16-39-5)21-9-6-10-22(21)27(23)35-18(2)36-28/h7-8,11,14,17,19,38H,6,9-10,12-13,15-16H2,1-5H3,(H,34,35,36)/t17-,19?/m1/s1. The fourth-order valence-electron chi connectivity index (χ4n) is 5.82. The van der Waals surface area contributed by atoms with E-state index in [4.69, 9.17) is 14.5 Å². The Kier molecular flexibility index (Phi) is 7.71. The van der Waals surface area contributed by atoms with Gasteiger partial charge in [-0.2, -0.15) is 8.78 Å². The summed E-state index contributed by atoms with van der Waals surface area (Å²) in [5.74, 6) is -3.74. The second-order valence-corrected chi connectivity index (χ2v) is 11.3. The van der Waals surface area contributed by atoms with Gasteiger partial charge < -0.3 is 24.8 Å². The van der Waals surface area contributed by atoms with Crippen molar-refractivity contribution in [2.24, 2.45) is 0 Å². The molecule has 0 amide bonds. The number of alkyl halides is 2. The number of methoxy groups -OCH3 is 1. The molecular formula is C30H37F3N4O3. The number of aromatic nitrogens is 2. The van der Waals surface area contributed by atoms with Crippen molar-refractivity contribution in [3.63, 3.8) is 0 Å². The highest BCUT2D eigenvalue weighted by Crippen LogP contribution is 2.42. The monoisotopic (exact) mass is 558 g/mol. The Hall–Kier alpha value is -2.95. The molecule has 0 bridgehead atoms. The molecule has 3 aromatic rings. The van der Waals surface area contributed by atoms with Gasteiger partial charge in [-0.3, -0.25) is 0 Å². The minimum absolute atomic E-state index is 0.0318. The van der Waals surface area contributed by atoms with Gasteiger partial charge in [0, 0.05) is 36.8 Å². The van der Waals surface area contributed by atoms with E-state index in [1.165, 1.54) is 23.3 Å². The fraction of sp³-hybridized carbons (Fsp3) is 0.533. The highest BCUT2D eigenvalue weighted by Gasteiger charge is 2.49. The molecule has 216 valence electrons. The predicted octanol–water partition coefficient (Wildman–Crippen LogP) is 5.45. The molecule has 2 N–H and O–H groups in total. The Labute approximate surface area is 232 Å². The van der Waals surface area contributed by atoms with E-state index in [0.29, 0.717) is 31.4 Å². The van der Waals surface area contributed by atoms with Crippen LogP contribution >= 0.6 is 0 Å². The number of rotatable bonds is 8. The number of morpholine rings is 1. The van der Waals surface area contributed by atoms with Crippen LogP contribution in [0.2, 0.25) is 0 Å². The van der Waals surface area contributed by atoms with E-state index < -0.39 is 28.9 Å². The lowest BCUT2D eigenvalue weighted by atomic mass is 9.91. The topological polar surface area (TPSA) is 79.7 Å². The summed E-state index contributed by atoms with van der Waals surface area (Å²) >= 11 is 0. The molecule has 1 aliphatic carbocycles. The Morgan fingerprint density at radius 1 is 1.23 bits per heavy atom. The fourth-order valence-corrected chi connectivity index (χ4v) is 5.82. The van der Waals surface area contributed by atoms with Crippen molar-refractivity contribution >= 4 is 22.4 Å². The van der Waals surface area contributed by atoms with Crippen LogP contribution in [-0.4, -0.2) is 60.2 Å². The molecule has 40 heavy (non-hydrogen) atoms. The van der Waals surface area contributed by atoms with E-state index in [1.54, 1.807) is 14.0 Å². The molecule has 2 atom stereocenters. The molecule has 1 aromatic heterocycles. The van der Waals surface area contributed by atoms with Crippen LogP contribution < -0.4 is 10.2 Å². The molecule has 1 aliphatic heterocycles. The van der Waals surface area contributed by atoms with Crippen LogP contribution in [-0.2, 0) is 28.2 Å². The number of fused-ring (bicyclic) bond motifs is 3. The quantitative estimate of drug-likeness (QED) is 0.381. The third kappa shape index (κ3) is 5.12. The lowest BCUT2D eigenvalue weighted by Gasteiger charge is -2.35. The van der Waals surface area contributed by atoms with Crippen molar-refractivity contribution in [2.45, 2.75) is 70.6 Å². The van der Waals surface area contributed by atoms with Crippen molar-refractivity contribution in [3.8, 4) is 0 Å². The zero-order valence-electron chi connectivity index (χ0n) is 23.7. The summed E-state index contributed by atoms with van der Waals surface area (Å²) < 4.78 is 56.6. The SMILES string of the molecule is COCC1CN(c2cc3c(N[C@H](C)c4cccc(C(F)(F)C(C)(C)O)c4F)nc(C)nc3c3c2CCC3)CCO1. The van der Waals surface area contributed by atoms with Crippen LogP contribution in [0.25, 0.3) is 10.9 Å². The van der Waals surface area contributed by atoms with Gasteiger partial charge in [0.15, 0.2) is 0 Å². The van der Waals surface area contributed by atoms with Crippen LogP contribution in [0.3, 0.4) is 0 Å². The van der Waals surface area contributed by atoms with Crippen LogP contribution in [0.4, 0.5) is 24.7 Å². The highest BCUT2D eigenvalue weighted by molar-refractivity contribution is 5.96. The van der Waals surface area contributed by atoms with Crippen molar-refractivity contribution in [1.82, 2.24) is 9.97 Å². The van der Waals surface area contributed by atoms with Crippen molar-refractivity contribution in [2.75, 3.05) is 43.6 Å². The van der Waals surface area contributed by atoms with Gasteiger partial charge in [0.1, 0.15) is 23.1 Å². The Bertz CT molecular complexity index is 1410. The molecule has 7 nitrogen and oxygen atoms in total. The van der Waals surface area contributed by atoms with Gasteiger partial charge in [-0.25, -0.2) is 14.4 Å². The molecular weight excluding hydrogens is 521 g/mol. The maximum absolute atomic E-state index is 15.5. The van der Waals surface area contributed by atoms with Crippen LogP contribution in [0, 0.1) is 12.7 Å². The second kappa shape index (κ2) is 10.8. The zero-order chi connectivity index (χ0) is 28.8. The zero-order valence-corrected chi connectivity index (χ0v) is 23.7. The van der Waals surface area contributed by atoms with Crippen molar-refractivity contribution in [3.05, 3.63) is 58.2 Å². The Balaban J connectivity index is 1.56. The maximum Gasteiger partial charge on any atom is 0.303 e. The molecule has 1 saturated heterocycles. The van der Waals surface area contributed by atoms with Gasteiger partial charge in [0.25, 0.3) is 0 Å². The van der Waals surface area contributed by atoms with Gasteiger partial charge in [0.05, 0.1) is 36.4 Å². The average Bonchev–Trinajstić information content (AvgIpc) is 3.38. The van der Waals surface area contributed by atoms with E-state index in [2.05, 4.69) is 21.3 Å². The van der Waals surface area contributed by atoms with Gasteiger partial charge >= 0.3 is 5.92 Å². The summed E-state index contributed by atoms with van der Waals surface area (Å²) in [6, 6.07) is 5.27. The van der Waals surface area contributed by atoms with Gasteiger partial charge in [-0.15, -0.1) is 0 Å². The Morgan fingerprint density at radius 3 is 2.70 bits per heavy atom. The lowest BCUT2D eigenvalue weighted by Crippen LogP contribution is -2.44. The van der Waals surface area contributed by atoms with E-state index in [9.17, 15) is 13.9 Å². The number of nitrogens with one attached hydrogen (secondary N) is 1. The summed E-state index contributed by atoms with van der Waals surface area (Å²) in [6.45, 7) is 8.01. The lowest BCUT2D eigenvalue weighted by molar-refractivity contribution is -0.170. The van der Waals surface area contributed by atoms with E-state index in [-0.39, 0.29) is 11.7 Å². The highest BCUT2D eigenvalue weighted by atomic mass is 19.3. The van der Waals surface area contributed by atoms with Crippen molar-refractivity contribution < 1.29 is 27.8 Å². The number of anilines is 2. The Morgan fingerprint density at radius 2 is 1.98 bits per heavy atom. The largest absolute Gasteiger partial charge is 0.384 e. The van der Waals surface area contributed by atoms with Gasteiger partial charge in [0.2, 0.25) is 0 Å². The minimum Gasteiger partial charge on any atom is -0.384 e. The molecule has 2 aromatic carbocycles. The summed E-state index contributed by atoms with van der Waals surface area (Å²) in [4.78, 5) is 11.8. The van der Waals surface area contributed by atoms with Crippen LogP contribution in [0.5, 0.6) is 0 Å². The second-order valence-electron chi connectivity index (χ2n) is 11.3. The summed E-state index contributed by atoms with van der Waals surface area (Å²) in [7, 11) is 1.67. The van der Waals surface area contributed by atoms with Gasteiger partial charge in [-0.05, 0) is 70.2 Å². The predicted molar refractivity (Wildman–Crippen MR) is 149 cm³/mol. The number of aryl methyl sites for hydroxylation is 2. The number of benzene rings is 2. The average molecular weight is 559 g/mol. The van der Waals surface area contributed by atoms with Crippen LogP contribution in [0.15, 0.2) is 24.3 Å². The molecule has 0 saturated carbocycles. The first-order valence-electron chi connectivity index (χ1n) is 13.8. The third-order valence-corrected chi connectivity index (χ3v) is 7.94. The summed E-state index contributed by atoms with van der Waals surface area (Å²) in [6.07, 6.45) is 2.86. The number of halogens is 3. The van der Waals surface area contributed by atoms with Gasteiger partial charge in [-0.1, -0.05) is 12.1 Å². The van der Waals surface area contributed by atoms with E-state index in [1.807, 2.05) is 6.92 Å². The molecule has 0 spiro atoms. The molecule has 10 heteroatoms. The molecule has 1 fully saturated rings. The molecule has 2 aliphatic rings. The van der Waals surface area contributed by atoms with E-state index in [0.717, 1.165) is 62.3 Å². The number of ether oxygens (including phenoxy) is 2. The molecule has 1 unspecified atom stereocenters. The van der Waals surface area contributed by atoms with Crippen molar-refractivity contribution in [1.29, 1.82) is 0 Å². The van der Waals surface area contributed by atoms with Crippen LogP contribution in [0.1, 0.15) is 61.3 Å². The minimum atomic E-state index is -3.78. The summed E-state index contributed by atoms with van der Waals surface area (Å²) in [5.41, 5.74) is 1.25. The molecule has 2 heterocycles. The molecule has 5 rings (SSSR count). The number of nitrogens with zero attached hydrogens (tertiary/aromatic N) is 3. The first kappa shape index (κ1) is 28.6. The number of aliphatic hydroxyl groups is 1. The summed E-state index contributed by atoms with van der Waals surface area (Å²) in [5, 5.41) is 14.1. The third-order valence-electron chi connectivity index (χ3n) is 7.94. The normalized spacial score (nSPS) is 18.7. The van der Waals surface area contributed by atoms with E-state index >= 15 is 4.39 Å². The molecule has 0 radical (unpaired) electrons. The smallest absolute Gasteiger partial charge is 0.303 e. The maximum atomic E-state index is 15.5. The first-order chi connectivity index (χ1) is 18.9. The number of hydrogen-bond acceptors (Lipinski definition) is 7. The first-order valence-corrected chi connectivity index (χ1v) is 13.8.